The third-order valence-electron chi connectivity index (χ3n) is 4.56. The van der Waals surface area contributed by atoms with E-state index in [4.69, 9.17) is 4.74 Å². The molecule has 4 heteroatoms. The van der Waals surface area contributed by atoms with Crippen LogP contribution >= 0.6 is 0 Å². The largest absolute Gasteiger partial charge is 0.390 e. The molecule has 3 atom stereocenters. The van der Waals surface area contributed by atoms with Crippen LogP contribution in [0.3, 0.4) is 0 Å². The van der Waals surface area contributed by atoms with Gasteiger partial charge in [0.15, 0.2) is 0 Å². The van der Waals surface area contributed by atoms with Gasteiger partial charge in [0.25, 0.3) is 0 Å². The third-order valence-corrected chi connectivity index (χ3v) is 4.56. The Labute approximate surface area is 120 Å². The highest BCUT2D eigenvalue weighted by molar-refractivity contribution is 5.14. The molecule has 1 aromatic rings. The van der Waals surface area contributed by atoms with E-state index in [-0.39, 0.29) is 6.10 Å². The SMILES string of the molecule is CCc1ccc(CC(O)C2CN3CCCC3CO2)nc1. The van der Waals surface area contributed by atoms with Crippen LogP contribution in [0.1, 0.15) is 31.0 Å². The first-order chi connectivity index (χ1) is 9.76. The quantitative estimate of drug-likeness (QED) is 0.903. The smallest absolute Gasteiger partial charge is 0.0965 e. The Bertz CT molecular complexity index is 435. The Morgan fingerprint density at radius 2 is 2.40 bits per heavy atom. The molecular weight excluding hydrogens is 252 g/mol. The highest BCUT2D eigenvalue weighted by Gasteiger charge is 2.35. The fourth-order valence-electron chi connectivity index (χ4n) is 3.21. The molecule has 0 spiro atoms. The van der Waals surface area contributed by atoms with E-state index in [1.807, 2.05) is 12.3 Å². The van der Waals surface area contributed by atoms with Crippen molar-refractivity contribution < 1.29 is 9.84 Å². The Balaban J connectivity index is 1.56. The van der Waals surface area contributed by atoms with Crippen molar-refractivity contribution in [3.8, 4) is 0 Å². The lowest BCUT2D eigenvalue weighted by atomic mass is 10.0. The number of hydrogen-bond acceptors (Lipinski definition) is 4. The normalized spacial score (nSPS) is 28.3. The molecule has 1 aromatic heterocycles. The van der Waals surface area contributed by atoms with E-state index in [1.54, 1.807) is 0 Å². The van der Waals surface area contributed by atoms with Crippen molar-refractivity contribution in [2.45, 2.75) is 50.9 Å². The molecule has 3 rings (SSSR count). The lowest BCUT2D eigenvalue weighted by Gasteiger charge is -2.37. The first kappa shape index (κ1) is 14.0. The predicted octanol–water partition coefficient (Wildman–Crippen LogP) is 1.41. The van der Waals surface area contributed by atoms with Crippen molar-refractivity contribution in [2.75, 3.05) is 19.7 Å². The van der Waals surface area contributed by atoms with E-state index < -0.39 is 6.10 Å². The summed E-state index contributed by atoms with van der Waals surface area (Å²) in [4.78, 5) is 6.88. The average Bonchev–Trinajstić information content (AvgIpc) is 2.95. The van der Waals surface area contributed by atoms with Gasteiger partial charge in [0.05, 0.1) is 18.8 Å². The van der Waals surface area contributed by atoms with E-state index >= 15 is 0 Å². The fourth-order valence-corrected chi connectivity index (χ4v) is 3.21. The van der Waals surface area contributed by atoms with Gasteiger partial charge < -0.3 is 9.84 Å². The number of aliphatic hydroxyl groups excluding tert-OH is 1. The van der Waals surface area contributed by atoms with Gasteiger partial charge in [-0.2, -0.15) is 0 Å². The highest BCUT2D eigenvalue weighted by atomic mass is 16.5. The lowest BCUT2D eigenvalue weighted by Crippen LogP contribution is -2.50. The molecule has 0 aromatic carbocycles. The number of rotatable bonds is 4. The minimum absolute atomic E-state index is 0.0722. The van der Waals surface area contributed by atoms with Crippen LogP contribution in [0.25, 0.3) is 0 Å². The molecule has 2 saturated heterocycles. The maximum absolute atomic E-state index is 10.4. The summed E-state index contributed by atoms with van der Waals surface area (Å²) < 4.78 is 5.85. The van der Waals surface area contributed by atoms with Crippen molar-refractivity contribution >= 4 is 0 Å². The van der Waals surface area contributed by atoms with Crippen molar-refractivity contribution in [3.05, 3.63) is 29.6 Å². The topological polar surface area (TPSA) is 45.6 Å². The Morgan fingerprint density at radius 1 is 1.50 bits per heavy atom. The zero-order valence-electron chi connectivity index (χ0n) is 12.2. The molecule has 4 nitrogen and oxygen atoms in total. The number of aromatic nitrogens is 1. The standard InChI is InChI=1S/C16H24N2O2/c1-2-12-5-6-13(17-9-12)8-15(19)16-10-18-7-3-4-14(18)11-20-16/h5-6,9,14-16,19H,2-4,7-8,10-11H2,1H3. The molecule has 20 heavy (non-hydrogen) atoms. The van der Waals surface area contributed by atoms with Gasteiger partial charge in [-0.25, -0.2) is 0 Å². The molecule has 2 aliphatic rings. The van der Waals surface area contributed by atoms with Crippen LogP contribution in [0.5, 0.6) is 0 Å². The molecule has 0 amide bonds. The summed E-state index contributed by atoms with van der Waals surface area (Å²) in [5, 5.41) is 10.4. The summed E-state index contributed by atoms with van der Waals surface area (Å²) in [5.74, 6) is 0. The Kier molecular flexibility index (Phi) is 4.34. The zero-order valence-corrected chi connectivity index (χ0v) is 12.2. The van der Waals surface area contributed by atoms with Crippen molar-refractivity contribution in [1.82, 2.24) is 9.88 Å². The summed E-state index contributed by atoms with van der Waals surface area (Å²) in [6, 6.07) is 4.69. The van der Waals surface area contributed by atoms with Crippen LogP contribution in [-0.4, -0.2) is 52.9 Å². The second-order valence-electron chi connectivity index (χ2n) is 5.95. The zero-order chi connectivity index (χ0) is 13.9. The molecule has 2 aliphatic heterocycles. The van der Waals surface area contributed by atoms with Gasteiger partial charge >= 0.3 is 0 Å². The number of aryl methyl sites for hydroxylation is 1. The van der Waals surface area contributed by atoms with Crippen LogP contribution < -0.4 is 0 Å². The second-order valence-corrected chi connectivity index (χ2v) is 5.95. The van der Waals surface area contributed by atoms with Crippen LogP contribution in [-0.2, 0) is 17.6 Å². The lowest BCUT2D eigenvalue weighted by molar-refractivity contribution is -0.101. The number of aliphatic hydroxyl groups is 1. The van der Waals surface area contributed by atoms with Gasteiger partial charge in [-0.05, 0) is 37.4 Å². The maximum atomic E-state index is 10.4. The highest BCUT2D eigenvalue weighted by Crippen LogP contribution is 2.24. The van der Waals surface area contributed by atoms with E-state index in [0.717, 1.165) is 31.8 Å². The summed E-state index contributed by atoms with van der Waals surface area (Å²) >= 11 is 0. The number of pyridine rings is 1. The predicted molar refractivity (Wildman–Crippen MR) is 77.7 cm³/mol. The van der Waals surface area contributed by atoms with E-state index in [9.17, 15) is 5.11 Å². The minimum atomic E-state index is -0.462. The van der Waals surface area contributed by atoms with E-state index in [0.29, 0.717) is 12.5 Å². The summed E-state index contributed by atoms with van der Waals surface area (Å²) in [7, 11) is 0. The molecule has 0 aliphatic carbocycles. The third kappa shape index (κ3) is 3.03. The molecule has 0 radical (unpaired) electrons. The number of fused-ring (bicyclic) bond motifs is 1. The van der Waals surface area contributed by atoms with Crippen molar-refractivity contribution in [1.29, 1.82) is 0 Å². The van der Waals surface area contributed by atoms with Gasteiger partial charge in [-0.1, -0.05) is 13.0 Å². The minimum Gasteiger partial charge on any atom is -0.390 e. The first-order valence-corrected chi connectivity index (χ1v) is 7.73. The van der Waals surface area contributed by atoms with E-state index in [1.165, 1.54) is 18.4 Å². The number of morpholine rings is 1. The summed E-state index contributed by atoms with van der Waals surface area (Å²) in [6.07, 6.45) is 5.44. The summed E-state index contributed by atoms with van der Waals surface area (Å²) in [6.45, 7) is 4.90. The molecule has 3 unspecified atom stereocenters. The summed E-state index contributed by atoms with van der Waals surface area (Å²) in [5.41, 5.74) is 2.18. The molecular formula is C16H24N2O2. The number of hydrogen-bond donors (Lipinski definition) is 1. The molecule has 0 saturated carbocycles. The number of nitrogens with zero attached hydrogens (tertiary/aromatic N) is 2. The fraction of sp³-hybridized carbons (Fsp3) is 0.688. The molecule has 1 N–H and O–H groups in total. The Hall–Kier alpha value is -0.970. The van der Waals surface area contributed by atoms with Gasteiger partial charge in [0.2, 0.25) is 0 Å². The van der Waals surface area contributed by atoms with Crippen LogP contribution in [0, 0.1) is 0 Å². The molecule has 110 valence electrons. The van der Waals surface area contributed by atoms with Crippen LogP contribution in [0.15, 0.2) is 18.3 Å². The monoisotopic (exact) mass is 276 g/mol. The molecule has 0 bridgehead atoms. The Morgan fingerprint density at radius 3 is 3.15 bits per heavy atom. The average molecular weight is 276 g/mol. The van der Waals surface area contributed by atoms with Gasteiger partial charge in [0, 0.05) is 30.9 Å². The molecule has 2 fully saturated rings. The van der Waals surface area contributed by atoms with Crippen molar-refractivity contribution in [2.24, 2.45) is 0 Å². The second kappa shape index (κ2) is 6.20. The molecule has 3 heterocycles. The van der Waals surface area contributed by atoms with Crippen LogP contribution in [0.4, 0.5) is 0 Å². The van der Waals surface area contributed by atoms with Gasteiger partial charge in [-0.15, -0.1) is 0 Å². The van der Waals surface area contributed by atoms with Crippen molar-refractivity contribution in [3.63, 3.8) is 0 Å². The van der Waals surface area contributed by atoms with E-state index in [2.05, 4.69) is 22.9 Å². The van der Waals surface area contributed by atoms with Gasteiger partial charge in [0.1, 0.15) is 0 Å². The first-order valence-electron chi connectivity index (χ1n) is 7.73. The van der Waals surface area contributed by atoms with Gasteiger partial charge in [-0.3, -0.25) is 9.88 Å². The van der Waals surface area contributed by atoms with Crippen LogP contribution in [0.2, 0.25) is 0 Å². The maximum Gasteiger partial charge on any atom is 0.0965 e. The number of ether oxygens (including phenoxy) is 1.